The van der Waals surface area contributed by atoms with E-state index < -0.39 is 0 Å². The Bertz CT molecular complexity index is 908. The summed E-state index contributed by atoms with van der Waals surface area (Å²) in [4.78, 5) is 16.6. The highest BCUT2D eigenvalue weighted by Crippen LogP contribution is 2.28. The fraction of sp³-hybridized carbons (Fsp3) is 0.158. The molecular formula is C19H17ClN2O2S. The number of carbonyl (C=O) groups excluding carboxylic acids is 1. The number of nitrogens with zero attached hydrogens (tertiary/aromatic N) is 1. The van der Waals surface area contributed by atoms with Gasteiger partial charge in [-0.25, -0.2) is 4.98 Å². The van der Waals surface area contributed by atoms with E-state index in [1.54, 1.807) is 24.3 Å². The molecule has 2 aromatic carbocycles. The van der Waals surface area contributed by atoms with Crippen LogP contribution in [0.5, 0.6) is 5.75 Å². The summed E-state index contributed by atoms with van der Waals surface area (Å²) in [6.07, 6.45) is 0. The molecule has 6 heteroatoms. The van der Waals surface area contributed by atoms with Crippen LogP contribution in [0, 0.1) is 13.8 Å². The first-order chi connectivity index (χ1) is 12.0. The maximum atomic E-state index is 12.1. The Hall–Kier alpha value is -2.37. The van der Waals surface area contributed by atoms with Gasteiger partial charge in [-0.1, -0.05) is 41.4 Å². The number of hydrogen-bond acceptors (Lipinski definition) is 4. The Kier molecular flexibility index (Phi) is 5.36. The summed E-state index contributed by atoms with van der Waals surface area (Å²) in [7, 11) is 0. The van der Waals surface area contributed by atoms with E-state index in [0.29, 0.717) is 15.9 Å². The SMILES string of the molecule is Cc1ccc(C)c(-c2csc(NC(=O)COc3ccccc3Cl)n2)c1. The van der Waals surface area contributed by atoms with Crippen molar-refractivity contribution in [1.82, 2.24) is 4.98 Å². The van der Waals surface area contributed by atoms with Gasteiger partial charge in [-0.2, -0.15) is 0 Å². The van der Waals surface area contributed by atoms with Crippen LogP contribution in [0.4, 0.5) is 5.13 Å². The summed E-state index contributed by atoms with van der Waals surface area (Å²) in [6, 6.07) is 13.3. The smallest absolute Gasteiger partial charge is 0.264 e. The van der Waals surface area contributed by atoms with Crippen molar-refractivity contribution in [2.75, 3.05) is 11.9 Å². The second-order valence-electron chi connectivity index (χ2n) is 5.62. The van der Waals surface area contributed by atoms with Crippen LogP contribution in [0.25, 0.3) is 11.3 Å². The van der Waals surface area contributed by atoms with E-state index in [4.69, 9.17) is 16.3 Å². The Morgan fingerprint density at radius 1 is 1.24 bits per heavy atom. The number of hydrogen-bond donors (Lipinski definition) is 1. The number of carbonyl (C=O) groups is 1. The minimum absolute atomic E-state index is 0.123. The highest BCUT2D eigenvalue weighted by atomic mass is 35.5. The summed E-state index contributed by atoms with van der Waals surface area (Å²) in [6.45, 7) is 3.97. The van der Waals surface area contributed by atoms with E-state index in [2.05, 4.69) is 28.5 Å². The lowest BCUT2D eigenvalue weighted by Crippen LogP contribution is -2.20. The zero-order valence-corrected chi connectivity index (χ0v) is 15.4. The third-order valence-corrected chi connectivity index (χ3v) is 4.68. The maximum absolute atomic E-state index is 12.1. The molecule has 0 bridgehead atoms. The van der Waals surface area contributed by atoms with Crippen LogP contribution in [0.3, 0.4) is 0 Å². The standard InChI is InChI=1S/C19H17ClN2O2S/c1-12-7-8-13(2)14(9-12)16-11-25-19(21-16)22-18(23)10-24-17-6-4-3-5-15(17)20/h3-9,11H,10H2,1-2H3,(H,21,22,23). The van der Waals surface area contributed by atoms with E-state index in [-0.39, 0.29) is 12.5 Å². The number of para-hydroxylation sites is 1. The van der Waals surface area contributed by atoms with Crippen LogP contribution >= 0.6 is 22.9 Å². The predicted octanol–water partition coefficient (Wildman–Crippen LogP) is 5.10. The number of thiazole rings is 1. The maximum Gasteiger partial charge on any atom is 0.264 e. The number of anilines is 1. The molecule has 0 saturated carbocycles. The topological polar surface area (TPSA) is 51.2 Å². The fourth-order valence-corrected chi connectivity index (χ4v) is 3.24. The highest BCUT2D eigenvalue weighted by molar-refractivity contribution is 7.14. The van der Waals surface area contributed by atoms with Crippen molar-refractivity contribution in [2.45, 2.75) is 13.8 Å². The van der Waals surface area contributed by atoms with Crippen LogP contribution in [0.15, 0.2) is 47.8 Å². The number of amides is 1. The molecule has 0 aliphatic rings. The molecule has 1 N–H and O–H groups in total. The van der Waals surface area contributed by atoms with Crippen molar-refractivity contribution < 1.29 is 9.53 Å². The van der Waals surface area contributed by atoms with Gasteiger partial charge in [0.1, 0.15) is 5.75 Å². The van der Waals surface area contributed by atoms with E-state index in [1.165, 1.54) is 16.9 Å². The molecule has 0 fully saturated rings. The third kappa shape index (κ3) is 4.38. The summed E-state index contributed by atoms with van der Waals surface area (Å²) >= 11 is 7.39. The lowest BCUT2D eigenvalue weighted by Gasteiger charge is -2.07. The second-order valence-corrected chi connectivity index (χ2v) is 6.89. The molecule has 0 saturated heterocycles. The van der Waals surface area contributed by atoms with Gasteiger partial charge in [0.2, 0.25) is 0 Å². The first-order valence-corrected chi connectivity index (χ1v) is 8.99. The van der Waals surface area contributed by atoms with Crippen LogP contribution in [-0.4, -0.2) is 17.5 Å². The highest BCUT2D eigenvalue weighted by Gasteiger charge is 2.11. The quantitative estimate of drug-likeness (QED) is 0.678. The van der Waals surface area contributed by atoms with Crippen molar-refractivity contribution in [3.63, 3.8) is 0 Å². The largest absolute Gasteiger partial charge is 0.482 e. The molecule has 1 heterocycles. The van der Waals surface area contributed by atoms with Crippen molar-refractivity contribution in [2.24, 2.45) is 0 Å². The number of halogens is 1. The fourth-order valence-electron chi connectivity index (χ4n) is 2.33. The minimum atomic E-state index is -0.276. The zero-order chi connectivity index (χ0) is 17.8. The molecule has 0 radical (unpaired) electrons. The average molecular weight is 373 g/mol. The summed E-state index contributed by atoms with van der Waals surface area (Å²) in [5.41, 5.74) is 4.25. The third-order valence-electron chi connectivity index (χ3n) is 3.61. The monoisotopic (exact) mass is 372 g/mol. The summed E-state index contributed by atoms with van der Waals surface area (Å²) < 4.78 is 5.43. The number of rotatable bonds is 5. The summed E-state index contributed by atoms with van der Waals surface area (Å²) in [5, 5.41) is 5.71. The molecule has 0 aliphatic carbocycles. The van der Waals surface area contributed by atoms with Gasteiger partial charge in [-0.3, -0.25) is 10.1 Å². The molecule has 0 spiro atoms. The van der Waals surface area contributed by atoms with Crippen LogP contribution in [0.2, 0.25) is 5.02 Å². The normalized spacial score (nSPS) is 10.5. The van der Waals surface area contributed by atoms with Crippen LogP contribution < -0.4 is 10.1 Å². The predicted molar refractivity (Wildman–Crippen MR) is 103 cm³/mol. The van der Waals surface area contributed by atoms with Gasteiger partial charge < -0.3 is 4.74 Å². The molecule has 3 aromatic rings. The lowest BCUT2D eigenvalue weighted by atomic mass is 10.0. The molecular weight excluding hydrogens is 356 g/mol. The lowest BCUT2D eigenvalue weighted by molar-refractivity contribution is -0.118. The Labute approximate surface area is 155 Å². The molecule has 1 amide bonds. The van der Waals surface area contributed by atoms with Gasteiger partial charge in [0.15, 0.2) is 11.7 Å². The van der Waals surface area contributed by atoms with Crippen molar-refractivity contribution in [3.05, 3.63) is 64.0 Å². The number of nitrogens with one attached hydrogen (secondary N) is 1. The van der Waals surface area contributed by atoms with Gasteiger partial charge in [-0.05, 0) is 37.6 Å². The van der Waals surface area contributed by atoms with E-state index in [1.807, 2.05) is 19.2 Å². The van der Waals surface area contributed by atoms with Crippen LogP contribution in [0.1, 0.15) is 11.1 Å². The number of aromatic nitrogens is 1. The Morgan fingerprint density at radius 3 is 2.84 bits per heavy atom. The number of benzene rings is 2. The minimum Gasteiger partial charge on any atom is -0.482 e. The molecule has 4 nitrogen and oxygen atoms in total. The van der Waals surface area contributed by atoms with Gasteiger partial charge in [0, 0.05) is 10.9 Å². The van der Waals surface area contributed by atoms with Gasteiger partial charge in [0.25, 0.3) is 5.91 Å². The van der Waals surface area contributed by atoms with Crippen LogP contribution in [-0.2, 0) is 4.79 Å². The number of ether oxygens (including phenoxy) is 1. The first kappa shape index (κ1) is 17.5. The van der Waals surface area contributed by atoms with E-state index >= 15 is 0 Å². The molecule has 0 aliphatic heterocycles. The Balaban J connectivity index is 1.64. The first-order valence-electron chi connectivity index (χ1n) is 7.73. The molecule has 3 rings (SSSR count). The second kappa shape index (κ2) is 7.68. The Morgan fingerprint density at radius 2 is 2.04 bits per heavy atom. The van der Waals surface area contributed by atoms with Gasteiger partial charge in [0.05, 0.1) is 10.7 Å². The summed E-state index contributed by atoms with van der Waals surface area (Å²) in [5.74, 6) is 0.205. The molecule has 1 aromatic heterocycles. The van der Waals surface area contributed by atoms with E-state index in [0.717, 1.165) is 16.8 Å². The van der Waals surface area contributed by atoms with Gasteiger partial charge >= 0.3 is 0 Å². The van der Waals surface area contributed by atoms with Crippen molar-refractivity contribution in [1.29, 1.82) is 0 Å². The van der Waals surface area contributed by atoms with E-state index in [9.17, 15) is 4.79 Å². The van der Waals surface area contributed by atoms with Crippen molar-refractivity contribution in [3.8, 4) is 17.0 Å². The molecule has 128 valence electrons. The zero-order valence-electron chi connectivity index (χ0n) is 13.9. The molecule has 0 unspecified atom stereocenters. The van der Waals surface area contributed by atoms with Gasteiger partial charge in [-0.15, -0.1) is 11.3 Å². The molecule has 25 heavy (non-hydrogen) atoms. The number of aryl methyl sites for hydroxylation is 2. The van der Waals surface area contributed by atoms with Crippen molar-refractivity contribution >= 4 is 34.0 Å². The molecule has 0 atom stereocenters. The average Bonchev–Trinajstić information content (AvgIpc) is 3.04.